The van der Waals surface area contributed by atoms with Crippen LogP contribution in [0.3, 0.4) is 0 Å². The van der Waals surface area contributed by atoms with Gasteiger partial charge in [0.1, 0.15) is 17.2 Å². The minimum absolute atomic E-state index is 0.0357. The molecule has 0 radical (unpaired) electrons. The molecule has 7 nitrogen and oxygen atoms in total. The minimum Gasteiger partial charge on any atom is -0.393 e. The molecule has 0 amide bonds. The zero-order chi connectivity index (χ0) is 16.8. The van der Waals surface area contributed by atoms with Gasteiger partial charge in [-0.1, -0.05) is 22.0 Å². The highest BCUT2D eigenvalue weighted by Gasteiger charge is 2.37. The molecule has 23 heavy (non-hydrogen) atoms. The highest BCUT2D eigenvalue weighted by atomic mass is 79.9. The molecule has 3 rings (SSSR count). The SMILES string of the molecule is Nc1cc2c(cc1[N+](=O)[O-])C(N)(c1ccc(Br)cc1F)NC=N2. The van der Waals surface area contributed by atoms with Gasteiger partial charge in [0.05, 0.1) is 16.9 Å². The Morgan fingerprint density at radius 3 is 2.70 bits per heavy atom. The second-order valence-corrected chi connectivity index (χ2v) is 5.94. The van der Waals surface area contributed by atoms with Crippen LogP contribution in [0.2, 0.25) is 0 Å². The molecule has 0 aromatic heterocycles. The minimum atomic E-state index is -1.50. The predicted molar refractivity (Wildman–Crippen MR) is 87.9 cm³/mol. The van der Waals surface area contributed by atoms with Gasteiger partial charge in [-0.25, -0.2) is 9.38 Å². The number of anilines is 1. The van der Waals surface area contributed by atoms with Gasteiger partial charge in [0.25, 0.3) is 5.69 Å². The van der Waals surface area contributed by atoms with E-state index in [1.807, 2.05) is 0 Å². The zero-order valence-electron chi connectivity index (χ0n) is 11.6. The summed E-state index contributed by atoms with van der Waals surface area (Å²) in [7, 11) is 0. The molecule has 1 heterocycles. The molecule has 1 aliphatic heterocycles. The van der Waals surface area contributed by atoms with Crippen molar-refractivity contribution in [1.29, 1.82) is 0 Å². The molecular formula is C14H11BrFN5O2. The van der Waals surface area contributed by atoms with Crippen molar-refractivity contribution in [3.05, 3.63) is 61.9 Å². The third-order valence-electron chi connectivity index (χ3n) is 3.62. The lowest BCUT2D eigenvalue weighted by atomic mass is 9.89. The lowest BCUT2D eigenvalue weighted by Crippen LogP contribution is -2.52. The predicted octanol–water partition coefficient (Wildman–Crippen LogP) is 2.50. The van der Waals surface area contributed by atoms with E-state index in [0.717, 1.165) is 0 Å². The number of halogens is 2. The molecule has 1 aliphatic rings. The lowest BCUT2D eigenvalue weighted by molar-refractivity contribution is -0.384. The maximum Gasteiger partial charge on any atom is 0.292 e. The van der Waals surface area contributed by atoms with Crippen molar-refractivity contribution >= 4 is 39.3 Å². The van der Waals surface area contributed by atoms with E-state index in [9.17, 15) is 14.5 Å². The average molecular weight is 380 g/mol. The maximum atomic E-state index is 14.4. The Bertz CT molecular complexity index is 857. The third kappa shape index (κ3) is 2.43. The summed E-state index contributed by atoms with van der Waals surface area (Å²) in [6, 6.07) is 6.96. The molecule has 0 spiro atoms. The molecule has 2 aromatic rings. The van der Waals surface area contributed by atoms with E-state index in [-0.39, 0.29) is 22.5 Å². The highest BCUT2D eigenvalue weighted by Crippen LogP contribution is 2.40. The zero-order valence-corrected chi connectivity index (χ0v) is 13.2. The summed E-state index contributed by atoms with van der Waals surface area (Å²) in [5.74, 6) is -0.560. The molecule has 1 atom stereocenters. The van der Waals surface area contributed by atoms with Crippen LogP contribution >= 0.6 is 15.9 Å². The second kappa shape index (κ2) is 5.28. The number of nitro groups is 1. The van der Waals surface area contributed by atoms with Crippen molar-refractivity contribution in [2.24, 2.45) is 10.7 Å². The summed E-state index contributed by atoms with van der Waals surface area (Å²) in [5.41, 5.74) is 10.9. The largest absolute Gasteiger partial charge is 0.393 e. The smallest absolute Gasteiger partial charge is 0.292 e. The fraction of sp³-hybridized carbons (Fsp3) is 0.0714. The number of hydrogen-bond donors (Lipinski definition) is 3. The van der Waals surface area contributed by atoms with Crippen LogP contribution in [0.1, 0.15) is 11.1 Å². The number of nitrogens with one attached hydrogen (secondary N) is 1. The summed E-state index contributed by atoms with van der Waals surface area (Å²) in [4.78, 5) is 14.6. The van der Waals surface area contributed by atoms with Gasteiger partial charge in [-0.15, -0.1) is 0 Å². The van der Waals surface area contributed by atoms with Crippen molar-refractivity contribution in [2.45, 2.75) is 5.66 Å². The number of nitro benzene ring substituents is 1. The molecule has 9 heteroatoms. The third-order valence-corrected chi connectivity index (χ3v) is 4.11. The van der Waals surface area contributed by atoms with Gasteiger partial charge < -0.3 is 16.8 Å². The Morgan fingerprint density at radius 2 is 2.04 bits per heavy atom. The molecule has 1 unspecified atom stereocenters. The van der Waals surface area contributed by atoms with E-state index in [0.29, 0.717) is 10.2 Å². The lowest BCUT2D eigenvalue weighted by Gasteiger charge is -2.34. The van der Waals surface area contributed by atoms with Crippen LogP contribution in [-0.2, 0) is 5.66 Å². The number of benzene rings is 2. The number of rotatable bonds is 2. The molecule has 0 saturated heterocycles. The van der Waals surface area contributed by atoms with E-state index in [4.69, 9.17) is 11.5 Å². The van der Waals surface area contributed by atoms with Crippen molar-refractivity contribution in [2.75, 3.05) is 5.73 Å². The van der Waals surface area contributed by atoms with E-state index in [1.54, 1.807) is 6.07 Å². The number of hydrogen-bond acceptors (Lipinski definition) is 6. The van der Waals surface area contributed by atoms with Gasteiger partial charge in [0.2, 0.25) is 0 Å². The van der Waals surface area contributed by atoms with E-state index in [2.05, 4.69) is 26.2 Å². The first kappa shape index (κ1) is 15.4. The molecule has 0 saturated carbocycles. The number of aliphatic imine (C=N–C) groups is 1. The molecule has 5 N–H and O–H groups in total. The molecule has 0 aliphatic carbocycles. The van der Waals surface area contributed by atoms with Gasteiger partial charge in [-0.2, -0.15) is 0 Å². The van der Waals surface area contributed by atoms with Gasteiger partial charge in [0.15, 0.2) is 0 Å². The maximum absolute atomic E-state index is 14.4. The highest BCUT2D eigenvalue weighted by molar-refractivity contribution is 9.10. The quantitative estimate of drug-likeness (QED) is 0.420. The monoisotopic (exact) mass is 379 g/mol. The Labute approximate surface area is 138 Å². The van der Waals surface area contributed by atoms with Gasteiger partial charge in [-0.3, -0.25) is 10.1 Å². The van der Waals surface area contributed by atoms with Crippen molar-refractivity contribution in [3.63, 3.8) is 0 Å². The van der Waals surface area contributed by atoms with Crippen molar-refractivity contribution in [1.82, 2.24) is 5.32 Å². The van der Waals surface area contributed by atoms with Crippen molar-refractivity contribution < 1.29 is 9.31 Å². The number of nitrogen functional groups attached to an aromatic ring is 1. The summed E-state index contributed by atoms with van der Waals surface area (Å²) in [6.07, 6.45) is 1.31. The topological polar surface area (TPSA) is 120 Å². The summed E-state index contributed by atoms with van der Waals surface area (Å²) in [5, 5.41) is 13.9. The van der Waals surface area contributed by atoms with E-state index < -0.39 is 16.4 Å². The van der Waals surface area contributed by atoms with Crippen LogP contribution in [0.5, 0.6) is 0 Å². The normalized spacial score (nSPS) is 19.1. The average Bonchev–Trinajstić information content (AvgIpc) is 2.46. The Hall–Kier alpha value is -2.52. The van der Waals surface area contributed by atoms with Gasteiger partial charge in [-0.05, 0) is 18.2 Å². The number of nitrogens with zero attached hydrogens (tertiary/aromatic N) is 2. The first-order valence-electron chi connectivity index (χ1n) is 6.46. The molecule has 2 aromatic carbocycles. The second-order valence-electron chi connectivity index (χ2n) is 5.02. The fourth-order valence-electron chi connectivity index (χ4n) is 2.49. The Kier molecular flexibility index (Phi) is 3.53. The van der Waals surface area contributed by atoms with Gasteiger partial charge >= 0.3 is 0 Å². The van der Waals surface area contributed by atoms with Crippen LogP contribution in [0.4, 0.5) is 21.5 Å². The van der Waals surface area contributed by atoms with E-state index >= 15 is 0 Å². The Morgan fingerprint density at radius 1 is 1.30 bits per heavy atom. The standard InChI is InChI=1S/C14H11BrFN5O2/c15-7-1-2-8(10(16)3-7)14(18)9-4-13(21(22)23)11(17)5-12(9)19-6-20-14/h1-6H,17-18H2,(H,19,20). The van der Waals surface area contributed by atoms with E-state index in [1.165, 1.54) is 30.6 Å². The summed E-state index contributed by atoms with van der Waals surface area (Å²) >= 11 is 3.18. The fourth-order valence-corrected chi connectivity index (χ4v) is 2.82. The van der Waals surface area contributed by atoms with Crippen LogP contribution in [-0.4, -0.2) is 11.3 Å². The summed E-state index contributed by atoms with van der Waals surface area (Å²) in [6.45, 7) is 0. The number of fused-ring (bicyclic) bond motifs is 1. The van der Waals surface area contributed by atoms with Gasteiger partial charge in [0, 0.05) is 21.7 Å². The molecule has 0 bridgehead atoms. The van der Waals surface area contributed by atoms with Crippen LogP contribution in [0.15, 0.2) is 39.8 Å². The van der Waals surface area contributed by atoms with Crippen molar-refractivity contribution in [3.8, 4) is 0 Å². The first-order valence-corrected chi connectivity index (χ1v) is 7.25. The van der Waals surface area contributed by atoms with Crippen LogP contribution in [0.25, 0.3) is 0 Å². The summed E-state index contributed by atoms with van der Waals surface area (Å²) < 4.78 is 14.9. The number of nitrogens with two attached hydrogens (primary N) is 2. The Balaban J connectivity index is 2.26. The first-order chi connectivity index (χ1) is 10.8. The van der Waals surface area contributed by atoms with Crippen LogP contribution in [0, 0.1) is 15.9 Å². The molecular weight excluding hydrogens is 369 g/mol. The molecule has 0 fully saturated rings. The van der Waals surface area contributed by atoms with Crippen LogP contribution < -0.4 is 16.8 Å². The molecule has 118 valence electrons.